The van der Waals surface area contributed by atoms with E-state index in [4.69, 9.17) is 4.74 Å². The van der Waals surface area contributed by atoms with Gasteiger partial charge < -0.3 is 10.1 Å². The molecule has 1 unspecified atom stereocenters. The van der Waals surface area contributed by atoms with E-state index in [1.54, 1.807) is 7.11 Å². The number of hydrogen-bond acceptors (Lipinski definition) is 2. The van der Waals surface area contributed by atoms with Crippen molar-refractivity contribution in [2.75, 3.05) is 13.7 Å². The molecular formula is C17H20INO. The SMILES string of the molecule is COc1ccc(CCNC(C)c2ccc(I)cc2)cc1. The second kappa shape index (κ2) is 7.64. The first-order valence-corrected chi connectivity index (χ1v) is 7.88. The van der Waals surface area contributed by atoms with Crippen LogP contribution in [-0.2, 0) is 6.42 Å². The molecule has 0 heterocycles. The Balaban J connectivity index is 1.81. The van der Waals surface area contributed by atoms with Gasteiger partial charge in [0.2, 0.25) is 0 Å². The van der Waals surface area contributed by atoms with Crippen molar-refractivity contribution >= 4 is 22.6 Å². The van der Waals surface area contributed by atoms with Crippen LogP contribution in [-0.4, -0.2) is 13.7 Å². The normalized spacial score (nSPS) is 12.2. The van der Waals surface area contributed by atoms with Crippen molar-refractivity contribution in [2.24, 2.45) is 0 Å². The summed E-state index contributed by atoms with van der Waals surface area (Å²) in [5, 5.41) is 3.56. The molecule has 0 aliphatic rings. The van der Waals surface area contributed by atoms with Crippen LogP contribution < -0.4 is 10.1 Å². The van der Waals surface area contributed by atoms with Crippen molar-refractivity contribution in [3.8, 4) is 5.75 Å². The third-order valence-corrected chi connectivity index (χ3v) is 4.11. The highest BCUT2D eigenvalue weighted by Gasteiger charge is 2.04. The lowest BCUT2D eigenvalue weighted by Gasteiger charge is -2.14. The lowest BCUT2D eigenvalue weighted by atomic mass is 10.1. The fraction of sp³-hybridized carbons (Fsp3) is 0.294. The van der Waals surface area contributed by atoms with Crippen molar-refractivity contribution < 1.29 is 4.74 Å². The summed E-state index contributed by atoms with van der Waals surface area (Å²) < 4.78 is 6.44. The number of halogens is 1. The Hall–Kier alpha value is -1.07. The van der Waals surface area contributed by atoms with Crippen LogP contribution in [0.5, 0.6) is 5.75 Å². The highest BCUT2D eigenvalue weighted by molar-refractivity contribution is 14.1. The minimum Gasteiger partial charge on any atom is -0.497 e. The Morgan fingerprint density at radius 2 is 1.70 bits per heavy atom. The van der Waals surface area contributed by atoms with Gasteiger partial charge in [0.15, 0.2) is 0 Å². The minimum atomic E-state index is 0.380. The van der Waals surface area contributed by atoms with E-state index >= 15 is 0 Å². The van der Waals surface area contributed by atoms with Crippen LogP contribution in [0.3, 0.4) is 0 Å². The maximum Gasteiger partial charge on any atom is 0.118 e. The quantitative estimate of drug-likeness (QED) is 0.758. The van der Waals surface area contributed by atoms with E-state index in [-0.39, 0.29) is 0 Å². The molecule has 2 rings (SSSR count). The molecule has 0 amide bonds. The third-order valence-electron chi connectivity index (χ3n) is 3.39. The highest BCUT2D eigenvalue weighted by Crippen LogP contribution is 2.15. The van der Waals surface area contributed by atoms with Crippen molar-refractivity contribution in [3.63, 3.8) is 0 Å². The Morgan fingerprint density at radius 3 is 2.30 bits per heavy atom. The van der Waals surface area contributed by atoms with E-state index in [0.29, 0.717) is 6.04 Å². The summed E-state index contributed by atoms with van der Waals surface area (Å²) in [5.74, 6) is 0.911. The fourth-order valence-corrected chi connectivity index (χ4v) is 2.45. The maximum absolute atomic E-state index is 5.16. The summed E-state index contributed by atoms with van der Waals surface area (Å²) in [4.78, 5) is 0. The van der Waals surface area contributed by atoms with Gasteiger partial charge in [-0.1, -0.05) is 24.3 Å². The molecule has 2 aromatic rings. The topological polar surface area (TPSA) is 21.3 Å². The van der Waals surface area contributed by atoms with Gasteiger partial charge in [-0.25, -0.2) is 0 Å². The summed E-state index contributed by atoms with van der Waals surface area (Å²) in [5.41, 5.74) is 2.66. The molecule has 2 aromatic carbocycles. The van der Waals surface area contributed by atoms with Crippen molar-refractivity contribution in [3.05, 3.63) is 63.2 Å². The van der Waals surface area contributed by atoms with Crippen LogP contribution in [0.1, 0.15) is 24.1 Å². The van der Waals surface area contributed by atoms with Crippen LogP contribution in [0.2, 0.25) is 0 Å². The average Bonchev–Trinajstić information content (AvgIpc) is 2.48. The van der Waals surface area contributed by atoms with Gasteiger partial charge >= 0.3 is 0 Å². The molecule has 1 atom stereocenters. The molecule has 0 aliphatic heterocycles. The molecule has 0 radical (unpaired) electrons. The lowest BCUT2D eigenvalue weighted by molar-refractivity contribution is 0.414. The van der Waals surface area contributed by atoms with Crippen LogP contribution >= 0.6 is 22.6 Å². The molecule has 2 nitrogen and oxygen atoms in total. The van der Waals surface area contributed by atoms with E-state index in [9.17, 15) is 0 Å². The maximum atomic E-state index is 5.16. The largest absolute Gasteiger partial charge is 0.497 e. The molecule has 1 N–H and O–H groups in total. The predicted octanol–water partition coefficient (Wildman–Crippen LogP) is 4.19. The predicted molar refractivity (Wildman–Crippen MR) is 92.3 cm³/mol. The van der Waals surface area contributed by atoms with Crippen molar-refractivity contribution in [1.29, 1.82) is 0 Å². The van der Waals surface area contributed by atoms with Crippen LogP contribution in [0.15, 0.2) is 48.5 Å². The minimum absolute atomic E-state index is 0.380. The second-order valence-electron chi connectivity index (χ2n) is 4.83. The number of rotatable bonds is 6. The van der Waals surface area contributed by atoms with E-state index in [0.717, 1.165) is 18.7 Å². The van der Waals surface area contributed by atoms with Gasteiger partial charge in [-0.2, -0.15) is 0 Å². The number of nitrogens with one attached hydrogen (secondary N) is 1. The summed E-state index contributed by atoms with van der Waals surface area (Å²) >= 11 is 2.33. The average molecular weight is 381 g/mol. The molecule has 0 saturated carbocycles. The Labute approximate surface area is 134 Å². The van der Waals surface area contributed by atoms with Gasteiger partial charge in [-0.15, -0.1) is 0 Å². The van der Waals surface area contributed by atoms with E-state index in [1.165, 1.54) is 14.7 Å². The summed E-state index contributed by atoms with van der Waals surface area (Å²) in [6.45, 7) is 3.18. The number of methoxy groups -OCH3 is 1. The highest BCUT2D eigenvalue weighted by atomic mass is 127. The standard InChI is InChI=1S/C17H20INO/c1-13(15-5-7-16(18)8-6-15)19-12-11-14-3-9-17(20-2)10-4-14/h3-10,13,19H,11-12H2,1-2H3. The number of ether oxygens (including phenoxy) is 1. The second-order valence-corrected chi connectivity index (χ2v) is 6.07. The molecular weight excluding hydrogens is 361 g/mol. The third kappa shape index (κ3) is 4.49. The fourth-order valence-electron chi connectivity index (χ4n) is 2.09. The molecule has 0 aromatic heterocycles. The van der Waals surface area contributed by atoms with E-state index in [1.807, 2.05) is 12.1 Å². The molecule has 0 fully saturated rings. The van der Waals surface area contributed by atoms with Gasteiger partial charge in [-0.05, 0) is 77.9 Å². The van der Waals surface area contributed by atoms with E-state index < -0.39 is 0 Å². The first-order valence-electron chi connectivity index (χ1n) is 6.81. The Morgan fingerprint density at radius 1 is 1.05 bits per heavy atom. The zero-order chi connectivity index (χ0) is 14.4. The van der Waals surface area contributed by atoms with Crippen molar-refractivity contribution in [1.82, 2.24) is 5.32 Å². The lowest BCUT2D eigenvalue weighted by Crippen LogP contribution is -2.21. The van der Waals surface area contributed by atoms with Gasteiger partial charge in [0, 0.05) is 9.61 Å². The molecule has 0 aliphatic carbocycles. The molecule has 20 heavy (non-hydrogen) atoms. The zero-order valence-electron chi connectivity index (χ0n) is 11.9. The van der Waals surface area contributed by atoms with Crippen molar-refractivity contribution in [2.45, 2.75) is 19.4 Å². The Kier molecular flexibility index (Phi) is 5.86. The number of benzene rings is 2. The smallest absolute Gasteiger partial charge is 0.118 e. The summed E-state index contributed by atoms with van der Waals surface area (Å²) in [7, 11) is 1.69. The van der Waals surface area contributed by atoms with Gasteiger partial charge in [0.1, 0.15) is 5.75 Å². The first-order chi connectivity index (χ1) is 9.69. The molecule has 0 bridgehead atoms. The van der Waals surface area contributed by atoms with Gasteiger partial charge in [-0.3, -0.25) is 0 Å². The number of hydrogen-bond donors (Lipinski definition) is 1. The summed E-state index contributed by atoms with van der Waals surface area (Å²) in [6, 6.07) is 17.3. The molecule has 0 saturated heterocycles. The Bertz CT molecular complexity index is 522. The molecule has 106 valence electrons. The summed E-state index contributed by atoms with van der Waals surface area (Å²) in [6.07, 6.45) is 1.03. The molecule has 3 heteroatoms. The monoisotopic (exact) mass is 381 g/mol. The zero-order valence-corrected chi connectivity index (χ0v) is 14.1. The van der Waals surface area contributed by atoms with Gasteiger partial charge in [0.05, 0.1) is 7.11 Å². The molecule has 0 spiro atoms. The van der Waals surface area contributed by atoms with Crippen LogP contribution in [0.25, 0.3) is 0 Å². The van der Waals surface area contributed by atoms with Gasteiger partial charge in [0.25, 0.3) is 0 Å². The van der Waals surface area contributed by atoms with Crippen LogP contribution in [0.4, 0.5) is 0 Å². The van der Waals surface area contributed by atoms with E-state index in [2.05, 4.69) is 71.2 Å². The first kappa shape index (κ1) is 15.3. The van der Waals surface area contributed by atoms with Crippen LogP contribution in [0, 0.1) is 3.57 Å².